The minimum Gasteiger partial charge on any atom is -0.323 e. The fourth-order valence-corrected chi connectivity index (χ4v) is 10.9. The van der Waals surface area contributed by atoms with Crippen LogP contribution in [0.15, 0.2) is 146 Å². The summed E-state index contributed by atoms with van der Waals surface area (Å²) in [6.07, 6.45) is 9.19. The molecule has 0 saturated carbocycles. The van der Waals surface area contributed by atoms with Crippen molar-refractivity contribution >= 4 is 68.3 Å². The zero-order chi connectivity index (χ0) is 36.9. The van der Waals surface area contributed by atoms with Crippen molar-refractivity contribution in [2.75, 3.05) is 9.80 Å². The van der Waals surface area contributed by atoms with Crippen molar-refractivity contribution in [2.45, 2.75) is 58.3 Å². The first-order valence-electron chi connectivity index (χ1n) is 20.7. The van der Waals surface area contributed by atoms with Crippen LogP contribution < -0.4 is 26.4 Å². The standard InChI is InChI=1S/C51H43BN4/c1-34-31-45-47-46(32-34)54(40-30-29-35-17-11-12-18-36(35)33-40)49-42-26-14-16-28-44(42)56(39-23-9-4-10-24-39)51(49)52(47)50-48(53(45)37-19-5-2-6-20-37)41-25-13-15-27-43(41)55(50)38-21-7-3-8-22-38/h2-12,17-24,29-33H,13-16,25-28H2,1H3. The Morgan fingerprint density at radius 1 is 0.429 bits per heavy atom. The number of hydrogen-bond donors (Lipinski definition) is 0. The topological polar surface area (TPSA) is 16.3 Å². The summed E-state index contributed by atoms with van der Waals surface area (Å²) in [4.78, 5) is 5.33. The summed E-state index contributed by atoms with van der Waals surface area (Å²) in [5.41, 5.74) is 21.9. The molecule has 6 aromatic carbocycles. The van der Waals surface area contributed by atoms with Crippen LogP contribution in [0.25, 0.3) is 22.1 Å². The summed E-state index contributed by atoms with van der Waals surface area (Å²) in [5, 5.41) is 2.54. The Labute approximate surface area is 329 Å². The van der Waals surface area contributed by atoms with E-state index in [1.165, 1.54) is 127 Å². The number of anilines is 6. The molecule has 5 heteroatoms. The largest absolute Gasteiger partial charge is 0.323 e. The second-order valence-electron chi connectivity index (χ2n) is 16.3. The zero-order valence-electron chi connectivity index (χ0n) is 31.9. The smallest absolute Gasteiger partial charge is 0.294 e. The lowest BCUT2D eigenvalue weighted by Gasteiger charge is -2.44. The molecule has 2 aliphatic heterocycles. The van der Waals surface area contributed by atoms with E-state index in [2.05, 4.69) is 171 Å². The number of benzene rings is 6. The van der Waals surface area contributed by atoms with Gasteiger partial charge in [0.1, 0.15) is 0 Å². The van der Waals surface area contributed by atoms with Crippen molar-refractivity contribution in [2.24, 2.45) is 0 Å². The van der Waals surface area contributed by atoms with Crippen LogP contribution in [0.2, 0.25) is 0 Å². The van der Waals surface area contributed by atoms with E-state index < -0.39 is 0 Å². The lowest BCUT2D eigenvalue weighted by Crippen LogP contribution is -2.64. The van der Waals surface area contributed by atoms with Crippen molar-refractivity contribution in [1.29, 1.82) is 0 Å². The Balaban J connectivity index is 1.28. The van der Waals surface area contributed by atoms with E-state index in [1.54, 1.807) is 0 Å². The molecule has 2 aliphatic carbocycles. The Bertz CT molecular complexity index is 2830. The van der Waals surface area contributed by atoms with Crippen LogP contribution in [0, 0.1) is 6.92 Å². The third kappa shape index (κ3) is 4.54. The molecule has 270 valence electrons. The number of aromatic nitrogens is 2. The van der Waals surface area contributed by atoms with Gasteiger partial charge in [0.05, 0.1) is 11.4 Å². The zero-order valence-corrected chi connectivity index (χ0v) is 31.9. The summed E-state index contributed by atoms with van der Waals surface area (Å²) in [6.45, 7) is 2.31. The van der Waals surface area contributed by atoms with Gasteiger partial charge in [-0.15, -0.1) is 0 Å². The van der Waals surface area contributed by atoms with Gasteiger partial charge in [0, 0.05) is 56.7 Å². The van der Waals surface area contributed by atoms with Gasteiger partial charge >= 0.3 is 0 Å². The van der Waals surface area contributed by atoms with E-state index in [4.69, 9.17) is 0 Å². The molecular weight excluding hydrogens is 679 g/mol. The molecule has 56 heavy (non-hydrogen) atoms. The van der Waals surface area contributed by atoms with Crippen molar-refractivity contribution in [3.8, 4) is 11.4 Å². The highest BCUT2D eigenvalue weighted by Crippen LogP contribution is 2.50. The summed E-state index contributed by atoms with van der Waals surface area (Å²) in [5.74, 6) is 0. The average molecular weight is 723 g/mol. The van der Waals surface area contributed by atoms with E-state index in [9.17, 15) is 0 Å². The third-order valence-corrected chi connectivity index (χ3v) is 13.0. The fourth-order valence-electron chi connectivity index (χ4n) is 10.9. The number of rotatable bonds is 4. The average Bonchev–Trinajstić information content (AvgIpc) is 3.78. The van der Waals surface area contributed by atoms with Crippen molar-refractivity contribution in [3.63, 3.8) is 0 Å². The highest BCUT2D eigenvalue weighted by molar-refractivity contribution is 7.00. The minimum atomic E-state index is 0.0129. The van der Waals surface area contributed by atoms with Crippen LogP contribution in [0.4, 0.5) is 34.1 Å². The normalized spacial score (nSPS) is 15.3. The maximum Gasteiger partial charge on any atom is 0.294 e. The quantitative estimate of drug-likeness (QED) is 0.168. The molecule has 0 radical (unpaired) electrons. The lowest BCUT2D eigenvalue weighted by molar-refractivity contribution is 0.664. The molecule has 4 aliphatic rings. The molecule has 12 rings (SSSR count). The number of para-hydroxylation sites is 3. The van der Waals surface area contributed by atoms with Crippen LogP contribution in [0.3, 0.4) is 0 Å². The van der Waals surface area contributed by atoms with E-state index >= 15 is 0 Å². The molecule has 0 amide bonds. The molecule has 4 heterocycles. The predicted molar refractivity (Wildman–Crippen MR) is 235 cm³/mol. The van der Waals surface area contributed by atoms with Gasteiger partial charge in [-0.2, -0.15) is 0 Å². The Kier molecular flexibility index (Phi) is 7.11. The molecule has 4 nitrogen and oxygen atoms in total. The van der Waals surface area contributed by atoms with Crippen molar-refractivity contribution in [3.05, 3.63) is 174 Å². The summed E-state index contributed by atoms with van der Waals surface area (Å²) in [6, 6.07) is 54.6. The van der Waals surface area contributed by atoms with Gasteiger partial charge < -0.3 is 18.9 Å². The molecule has 0 fully saturated rings. The van der Waals surface area contributed by atoms with Gasteiger partial charge in [0.15, 0.2) is 0 Å². The highest BCUT2D eigenvalue weighted by atomic mass is 15.2. The second kappa shape index (κ2) is 12.4. The van der Waals surface area contributed by atoms with Crippen LogP contribution >= 0.6 is 0 Å². The SMILES string of the molecule is Cc1cc2c3c(c1)N(c1ccc4ccccc4c1)c1c4c(n(-c5ccccc5)c1B3c1c(c3c(n1-c1ccccc1)CCCC3)N2c1ccccc1)CCCC4. The van der Waals surface area contributed by atoms with Gasteiger partial charge in [-0.25, -0.2) is 0 Å². The van der Waals surface area contributed by atoms with Gasteiger partial charge in [-0.3, -0.25) is 0 Å². The number of fused-ring (bicyclic) bond motifs is 9. The molecule has 0 spiro atoms. The maximum absolute atomic E-state index is 2.72. The van der Waals surface area contributed by atoms with Gasteiger partial charge in [-0.1, -0.05) is 84.9 Å². The van der Waals surface area contributed by atoms with Crippen LogP contribution in [-0.4, -0.2) is 15.8 Å². The predicted octanol–water partition coefficient (Wildman–Crippen LogP) is 10.6. The maximum atomic E-state index is 2.72. The first kappa shape index (κ1) is 32.1. The van der Waals surface area contributed by atoms with Crippen LogP contribution in [-0.2, 0) is 25.7 Å². The molecule has 0 unspecified atom stereocenters. The summed E-state index contributed by atoms with van der Waals surface area (Å²) in [7, 11) is 0. The van der Waals surface area contributed by atoms with Gasteiger partial charge in [-0.05, 0) is 152 Å². The van der Waals surface area contributed by atoms with E-state index in [0.29, 0.717) is 0 Å². The highest BCUT2D eigenvalue weighted by Gasteiger charge is 2.51. The molecule has 0 atom stereocenters. The first-order chi connectivity index (χ1) is 27.7. The molecule has 8 aromatic rings. The summed E-state index contributed by atoms with van der Waals surface area (Å²) >= 11 is 0. The van der Waals surface area contributed by atoms with Crippen LogP contribution in [0.1, 0.15) is 53.8 Å². The monoisotopic (exact) mass is 722 g/mol. The van der Waals surface area contributed by atoms with E-state index in [-0.39, 0.29) is 6.71 Å². The Hall–Kier alpha value is -6.20. The number of hydrogen-bond acceptors (Lipinski definition) is 2. The minimum absolute atomic E-state index is 0.0129. The molecule has 2 aromatic heterocycles. The molecular formula is C51H43BN4. The number of nitrogens with zero attached hydrogens (tertiary/aromatic N) is 4. The van der Waals surface area contributed by atoms with E-state index in [0.717, 1.165) is 25.7 Å². The van der Waals surface area contributed by atoms with Crippen LogP contribution in [0.5, 0.6) is 0 Å². The Morgan fingerprint density at radius 3 is 1.45 bits per heavy atom. The second-order valence-corrected chi connectivity index (χ2v) is 16.3. The van der Waals surface area contributed by atoms with Gasteiger partial charge in [0.2, 0.25) is 0 Å². The van der Waals surface area contributed by atoms with E-state index in [1.807, 2.05) is 0 Å². The molecule has 0 N–H and O–H groups in total. The molecule has 0 bridgehead atoms. The summed E-state index contributed by atoms with van der Waals surface area (Å²) < 4.78 is 5.44. The fraction of sp³-hybridized carbons (Fsp3) is 0.176. The third-order valence-electron chi connectivity index (χ3n) is 13.0. The lowest BCUT2D eigenvalue weighted by atomic mass is 9.36. The Morgan fingerprint density at radius 2 is 0.893 bits per heavy atom. The van der Waals surface area contributed by atoms with Crippen molar-refractivity contribution < 1.29 is 0 Å². The first-order valence-corrected chi connectivity index (χ1v) is 20.7. The number of aryl methyl sites for hydroxylation is 1. The van der Waals surface area contributed by atoms with Gasteiger partial charge in [0.25, 0.3) is 6.71 Å². The van der Waals surface area contributed by atoms with Crippen molar-refractivity contribution in [1.82, 2.24) is 9.13 Å². The molecule has 0 saturated heterocycles.